The Bertz CT molecular complexity index is 1110. The molecule has 0 saturated carbocycles. The molecule has 4 amide bonds. The average Bonchev–Trinajstić information content (AvgIpc) is 3.55. The third-order valence-electron chi connectivity index (χ3n) is 6.09. The maximum atomic E-state index is 13.2. The van der Waals surface area contributed by atoms with Crippen LogP contribution >= 0.6 is 0 Å². The summed E-state index contributed by atoms with van der Waals surface area (Å²) in [7, 11) is 0. The van der Waals surface area contributed by atoms with Crippen molar-refractivity contribution in [2.45, 2.75) is 56.3 Å². The van der Waals surface area contributed by atoms with Crippen LogP contribution in [0.15, 0.2) is 42.9 Å². The topological polar surface area (TPSA) is 214 Å². The van der Waals surface area contributed by atoms with E-state index in [4.69, 9.17) is 11.5 Å². The van der Waals surface area contributed by atoms with Crippen molar-refractivity contribution in [3.05, 3.63) is 54.1 Å². The van der Waals surface area contributed by atoms with Crippen LogP contribution in [0.1, 0.15) is 30.5 Å². The van der Waals surface area contributed by atoms with Crippen molar-refractivity contribution in [1.29, 1.82) is 0 Å². The largest absolute Gasteiger partial charge is 0.480 e. The number of aromatic nitrogens is 2. The number of amides is 4. The lowest BCUT2D eigenvalue weighted by atomic mass is 10.0. The molecule has 2 aromatic rings. The van der Waals surface area contributed by atoms with Crippen molar-refractivity contribution >= 4 is 29.6 Å². The molecular weight excluding hydrogens is 482 g/mol. The molecule has 1 aromatic heterocycles. The highest BCUT2D eigenvalue weighted by Crippen LogP contribution is 2.19. The Morgan fingerprint density at radius 2 is 1.84 bits per heavy atom. The second-order valence-electron chi connectivity index (χ2n) is 8.90. The van der Waals surface area contributed by atoms with E-state index in [1.54, 1.807) is 30.3 Å². The van der Waals surface area contributed by atoms with E-state index >= 15 is 0 Å². The van der Waals surface area contributed by atoms with Gasteiger partial charge in [0.25, 0.3) is 0 Å². The van der Waals surface area contributed by atoms with E-state index in [1.165, 1.54) is 17.4 Å². The summed E-state index contributed by atoms with van der Waals surface area (Å²) in [5.41, 5.74) is 12.2. The predicted octanol–water partition coefficient (Wildman–Crippen LogP) is -1.56. The van der Waals surface area contributed by atoms with Gasteiger partial charge < -0.3 is 37.1 Å². The Hall–Kier alpha value is -4.26. The molecular formula is C24H31N7O6. The van der Waals surface area contributed by atoms with Crippen LogP contribution in [-0.4, -0.2) is 80.3 Å². The molecule has 1 aliphatic rings. The molecule has 1 saturated heterocycles. The van der Waals surface area contributed by atoms with Gasteiger partial charge in [-0.15, -0.1) is 0 Å². The van der Waals surface area contributed by atoms with Gasteiger partial charge in [-0.1, -0.05) is 30.3 Å². The summed E-state index contributed by atoms with van der Waals surface area (Å²) in [5.74, 6) is -3.83. The van der Waals surface area contributed by atoms with Gasteiger partial charge in [-0.05, 0) is 18.4 Å². The number of carbonyl (C=O) groups excluding carboxylic acids is 4. The van der Waals surface area contributed by atoms with Crippen molar-refractivity contribution in [2.24, 2.45) is 11.5 Å². The highest BCUT2D eigenvalue weighted by atomic mass is 16.4. The summed E-state index contributed by atoms with van der Waals surface area (Å²) in [5, 5.41) is 14.8. The van der Waals surface area contributed by atoms with E-state index in [0.717, 1.165) is 5.56 Å². The van der Waals surface area contributed by atoms with Crippen LogP contribution < -0.4 is 22.1 Å². The van der Waals surface area contributed by atoms with Crippen molar-refractivity contribution < 1.29 is 29.1 Å². The van der Waals surface area contributed by atoms with Gasteiger partial charge in [0.05, 0.1) is 18.8 Å². The zero-order valence-electron chi connectivity index (χ0n) is 20.1. The molecule has 0 bridgehead atoms. The van der Waals surface area contributed by atoms with Crippen LogP contribution in [0.3, 0.4) is 0 Å². The number of carboxylic acid groups (broad SMARTS) is 1. The van der Waals surface area contributed by atoms with Crippen molar-refractivity contribution in [3.8, 4) is 0 Å². The number of hydrogen-bond acceptors (Lipinski definition) is 7. The standard InChI is InChI=1S/C24H31N7O6/c25-16(11-20(26)32)23(35)31-8-4-7-19(31)22(34)29-17(10-15-12-27-13-28-15)21(33)30-18(24(36)37)9-14-5-2-1-3-6-14/h1-3,5-6,12-13,16-19H,4,7-11,25H2,(H2,26,32)(H,27,28)(H,29,34)(H,30,33)(H,36,37). The van der Waals surface area contributed by atoms with Gasteiger partial charge in [0, 0.05) is 31.3 Å². The second-order valence-corrected chi connectivity index (χ2v) is 8.90. The van der Waals surface area contributed by atoms with Crippen molar-refractivity contribution in [2.75, 3.05) is 6.54 Å². The van der Waals surface area contributed by atoms with Crippen LogP contribution in [0.4, 0.5) is 0 Å². The molecule has 0 aliphatic carbocycles. The molecule has 4 atom stereocenters. The number of rotatable bonds is 12. The number of imidazole rings is 1. The van der Waals surface area contributed by atoms with E-state index in [0.29, 0.717) is 18.5 Å². The lowest BCUT2D eigenvalue weighted by Gasteiger charge is -2.28. The minimum Gasteiger partial charge on any atom is -0.480 e. The molecule has 8 N–H and O–H groups in total. The third-order valence-corrected chi connectivity index (χ3v) is 6.09. The highest BCUT2D eigenvalue weighted by Gasteiger charge is 2.38. The molecule has 13 nitrogen and oxygen atoms in total. The van der Waals surface area contributed by atoms with Gasteiger partial charge in [-0.25, -0.2) is 9.78 Å². The number of aliphatic carboxylic acids is 1. The summed E-state index contributed by atoms with van der Waals surface area (Å²) in [4.78, 5) is 70.2. The fourth-order valence-electron chi connectivity index (χ4n) is 4.24. The summed E-state index contributed by atoms with van der Waals surface area (Å²) < 4.78 is 0. The number of hydrogen-bond donors (Lipinski definition) is 6. The molecule has 37 heavy (non-hydrogen) atoms. The van der Waals surface area contributed by atoms with Crippen molar-refractivity contribution in [1.82, 2.24) is 25.5 Å². The number of H-pyrrole nitrogens is 1. The van der Waals surface area contributed by atoms with Gasteiger partial charge in [-0.3, -0.25) is 19.2 Å². The van der Waals surface area contributed by atoms with Gasteiger partial charge in [0.2, 0.25) is 23.6 Å². The lowest BCUT2D eigenvalue weighted by Crippen LogP contribution is -2.57. The molecule has 1 aliphatic heterocycles. The summed E-state index contributed by atoms with van der Waals surface area (Å²) in [6.07, 6.45) is 3.48. The summed E-state index contributed by atoms with van der Waals surface area (Å²) in [6.45, 7) is 0.263. The van der Waals surface area contributed by atoms with E-state index in [9.17, 15) is 29.1 Å². The Morgan fingerprint density at radius 3 is 2.46 bits per heavy atom. The molecule has 3 rings (SSSR count). The minimum atomic E-state index is -1.23. The van der Waals surface area contributed by atoms with E-state index in [1.807, 2.05) is 0 Å². The number of aromatic amines is 1. The first-order chi connectivity index (χ1) is 17.7. The van der Waals surface area contributed by atoms with Crippen LogP contribution in [0.25, 0.3) is 0 Å². The Morgan fingerprint density at radius 1 is 1.11 bits per heavy atom. The third kappa shape index (κ3) is 7.61. The smallest absolute Gasteiger partial charge is 0.326 e. The Kier molecular flexibility index (Phi) is 9.33. The number of primary amides is 1. The summed E-state index contributed by atoms with van der Waals surface area (Å²) >= 11 is 0. The maximum Gasteiger partial charge on any atom is 0.326 e. The van der Waals surface area contributed by atoms with Crippen LogP contribution in [0, 0.1) is 0 Å². The predicted molar refractivity (Wildman–Crippen MR) is 130 cm³/mol. The molecule has 1 aromatic carbocycles. The molecule has 13 heteroatoms. The summed E-state index contributed by atoms with van der Waals surface area (Å²) in [6, 6.07) is 4.37. The first-order valence-corrected chi connectivity index (χ1v) is 11.8. The number of nitrogens with zero attached hydrogens (tertiary/aromatic N) is 2. The van der Waals surface area contributed by atoms with Crippen LogP contribution in [0.5, 0.6) is 0 Å². The van der Waals surface area contributed by atoms with E-state index in [-0.39, 0.29) is 25.8 Å². The lowest BCUT2D eigenvalue weighted by molar-refractivity contribution is -0.143. The average molecular weight is 514 g/mol. The SMILES string of the molecule is NC(=O)CC(N)C(=O)N1CCCC1C(=O)NC(Cc1cnc[nH]1)C(=O)NC(Cc1ccccc1)C(=O)O. The molecule has 2 heterocycles. The number of benzene rings is 1. The molecule has 0 radical (unpaired) electrons. The van der Waals surface area contributed by atoms with Crippen molar-refractivity contribution in [3.63, 3.8) is 0 Å². The number of carbonyl (C=O) groups is 5. The number of nitrogens with one attached hydrogen (secondary N) is 3. The first-order valence-electron chi connectivity index (χ1n) is 11.8. The van der Waals surface area contributed by atoms with Gasteiger partial charge in [0.1, 0.15) is 18.1 Å². The fourth-order valence-corrected chi connectivity index (χ4v) is 4.24. The zero-order valence-corrected chi connectivity index (χ0v) is 20.1. The highest BCUT2D eigenvalue weighted by molar-refractivity contribution is 5.95. The second kappa shape index (κ2) is 12.6. The van der Waals surface area contributed by atoms with E-state index in [2.05, 4.69) is 20.6 Å². The number of nitrogens with two attached hydrogens (primary N) is 2. The molecule has 4 unspecified atom stereocenters. The first kappa shape index (κ1) is 27.3. The normalized spacial score (nSPS) is 17.4. The maximum absolute atomic E-state index is 13.2. The van der Waals surface area contributed by atoms with Crippen LogP contribution in [0.2, 0.25) is 0 Å². The minimum absolute atomic E-state index is 0.0110. The Labute approximate surface area is 213 Å². The van der Waals surface area contributed by atoms with Gasteiger partial charge >= 0.3 is 5.97 Å². The Balaban J connectivity index is 1.73. The monoisotopic (exact) mass is 513 g/mol. The van der Waals surface area contributed by atoms with Gasteiger partial charge in [-0.2, -0.15) is 0 Å². The molecule has 1 fully saturated rings. The van der Waals surface area contributed by atoms with Gasteiger partial charge in [0.15, 0.2) is 0 Å². The fraction of sp³-hybridized carbons (Fsp3) is 0.417. The molecule has 0 spiro atoms. The van der Waals surface area contributed by atoms with E-state index < -0.39 is 53.8 Å². The van der Waals surface area contributed by atoms with Crippen LogP contribution in [-0.2, 0) is 36.8 Å². The quantitative estimate of drug-likeness (QED) is 0.195. The number of likely N-dealkylation sites (tertiary alicyclic amines) is 1. The molecule has 198 valence electrons. The number of carboxylic acids is 1. The zero-order chi connectivity index (χ0) is 26.9.